The van der Waals surface area contributed by atoms with Crippen LogP contribution in [0.1, 0.15) is 71.6 Å². The molecule has 5 nitrogen and oxygen atoms in total. The van der Waals surface area contributed by atoms with Crippen molar-refractivity contribution in [3.8, 4) is 0 Å². The van der Waals surface area contributed by atoms with Crippen LogP contribution in [0, 0.1) is 40.4 Å². The highest BCUT2D eigenvalue weighted by Crippen LogP contribution is 2.67. The summed E-state index contributed by atoms with van der Waals surface area (Å²) in [5.41, 5.74) is 0.444. The van der Waals surface area contributed by atoms with Gasteiger partial charge in [0.05, 0.1) is 19.1 Å². The van der Waals surface area contributed by atoms with Crippen LogP contribution in [0.2, 0.25) is 0 Å². The molecule has 1 heterocycles. The second kappa shape index (κ2) is 8.44. The Kier molecular flexibility index (Phi) is 5.96. The molecule has 1 saturated heterocycles. The van der Waals surface area contributed by atoms with E-state index in [0.29, 0.717) is 29.6 Å². The molecular weight excluding hydrogens is 390 g/mol. The molecule has 0 aromatic carbocycles. The van der Waals surface area contributed by atoms with Gasteiger partial charge in [0, 0.05) is 32.5 Å². The van der Waals surface area contributed by atoms with Crippen molar-refractivity contribution >= 4 is 11.8 Å². The molecule has 31 heavy (non-hydrogen) atoms. The van der Waals surface area contributed by atoms with Gasteiger partial charge in [0.15, 0.2) is 0 Å². The van der Waals surface area contributed by atoms with Crippen LogP contribution >= 0.6 is 0 Å². The molecule has 0 N–H and O–H groups in total. The molecule has 5 fully saturated rings. The summed E-state index contributed by atoms with van der Waals surface area (Å²) >= 11 is 0. The van der Waals surface area contributed by atoms with E-state index in [4.69, 9.17) is 9.47 Å². The standard InChI is InChI=1S/C26H41NO4/c1-25-9-7-19(28)17-18(25)3-4-20-21-5-6-23(26(21,2)10-8-22(20)25)24(29)31-16-13-27-11-14-30-15-12-27/h18,20-23H,3-17H2,1-2H3/t18-,20-,21-,22-,23+,25-,26-/m0/s1. The fourth-order valence-corrected chi connectivity index (χ4v) is 8.63. The quantitative estimate of drug-likeness (QED) is 0.628. The fourth-order valence-electron chi connectivity index (χ4n) is 8.63. The van der Waals surface area contributed by atoms with E-state index in [1.54, 1.807) is 0 Å². The van der Waals surface area contributed by atoms with E-state index < -0.39 is 0 Å². The van der Waals surface area contributed by atoms with E-state index in [9.17, 15) is 9.59 Å². The smallest absolute Gasteiger partial charge is 0.309 e. The van der Waals surface area contributed by atoms with Crippen LogP contribution in [-0.2, 0) is 19.1 Å². The lowest BCUT2D eigenvalue weighted by Crippen LogP contribution is -2.54. The lowest BCUT2D eigenvalue weighted by Gasteiger charge is -2.60. The minimum absolute atomic E-state index is 0.0554. The number of carbonyl (C=O) groups excluding carboxylic acids is 2. The van der Waals surface area contributed by atoms with Crippen molar-refractivity contribution in [3.63, 3.8) is 0 Å². The predicted octanol–water partition coefficient (Wildman–Crippen LogP) is 4.09. The number of Topliss-reactive ketones (excluding diaryl/α,β-unsaturated/α-hetero) is 1. The highest BCUT2D eigenvalue weighted by atomic mass is 16.5. The molecule has 174 valence electrons. The van der Waals surface area contributed by atoms with Gasteiger partial charge in [-0.2, -0.15) is 0 Å². The zero-order valence-corrected chi connectivity index (χ0v) is 19.6. The number of ether oxygens (including phenoxy) is 2. The molecule has 1 aliphatic heterocycles. The molecule has 5 heteroatoms. The zero-order valence-electron chi connectivity index (χ0n) is 19.6. The van der Waals surface area contributed by atoms with Crippen LogP contribution in [0.4, 0.5) is 0 Å². The number of hydrogen-bond acceptors (Lipinski definition) is 5. The Hall–Kier alpha value is -0.940. The summed E-state index contributed by atoms with van der Waals surface area (Å²) in [5.74, 6) is 3.34. The lowest BCUT2D eigenvalue weighted by molar-refractivity contribution is -0.160. The van der Waals surface area contributed by atoms with Crippen molar-refractivity contribution < 1.29 is 19.1 Å². The Morgan fingerprint density at radius 2 is 1.81 bits per heavy atom. The van der Waals surface area contributed by atoms with E-state index >= 15 is 0 Å². The zero-order chi connectivity index (χ0) is 21.6. The summed E-state index contributed by atoms with van der Waals surface area (Å²) < 4.78 is 11.2. The topological polar surface area (TPSA) is 55.8 Å². The third-order valence-corrected chi connectivity index (χ3v) is 10.5. The first-order valence-electron chi connectivity index (χ1n) is 12.9. The number of morpholine rings is 1. The van der Waals surface area contributed by atoms with Gasteiger partial charge in [0.2, 0.25) is 0 Å². The molecule has 4 saturated carbocycles. The van der Waals surface area contributed by atoms with E-state index in [0.717, 1.165) is 76.8 Å². The van der Waals surface area contributed by atoms with Crippen LogP contribution in [-0.4, -0.2) is 56.1 Å². The fraction of sp³-hybridized carbons (Fsp3) is 0.923. The maximum Gasteiger partial charge on any atom is 0.309 e. The Morgan fingerprint density at radius 3 is 2.61 bits per heavy atom. The Bertz CT molecular complexity index is 704. The van der Waals surface area contributed by atoms with Crippen molar-refractivity contribution in [2.24, 2.45) is 40.4 Å². The number of carbonyl (C=O) groups is 2. The van der Waals surface area contributed by atoms with E-state index in [1.807, 2.05) is 0 Å². The molecule has 0 spiro atoms. The summed E-state index contributed by atoms with van der Waals surface area (Å²) in [5, 5.41) is 0. The summed E-state index contributed by atoms with van der Waals surface area (Å²) in [6.07, 6.45) is 9.74. The highest BCUT2D eigenvalue weighted by Gasteiger charge is 2.61. The Balaban J connectivity index is 1.22. The number of rotatable bonds is 4. The molecule has 7 atom stereocenters. The average Bonchev–Trinajstić information content (AvgIpc) is 3.12. The van der Waals surface area contributed by atoms with Gasteiger partial charge >= 0.3 is 5.97 Å². The average molecular weight is 432 g/mol. The molecule has 0 aromatic rings. The first-order chi connectivity index (χ1) is 14.9. The predicted molar refractivity (Wildman–Crippen MR) is 118 cm³/mol. The number of fused-ring (bicyclic) bond motifs is 5. The second-order valence-electron chi connectivity index (χ2n) is 11.7. The van der Waals surface area contributed by atoms with Crippen LogP contribution < -0.4 is 0 Å². The van der Waals surface area contributed by atoms with Gasteiger partial charge in [-0.15, -0.1) is 0 Å². The number of esters is 1. The van der Waals surface area contributed by atoms with Crippen molar-refractivity contribution in [1.29, 1.82) is 0 Å². The van der Waals surface area contributed by atoms with Crippen LogP contribution in [0.5, 0.6) is 0 Å². The third kappa shape index (κ3) is 3.78. The van der Waals surface area contributed by atoms with Crippen molar-refractivity contribution in [3.05, 3.63) is 0 Å². The molecule has 0 aromatic heterocycles. The molecule has 0 unspecified atom stereocenters. The lowest BCUT2D eigenvalue weighted by atomic mass is 9.45. The third-order valence-electron chi connectivity index (χ3n) is 10.5. The minimum Gasteiger partial charge on any atom is -0.464 e. The van der Waals surface area contributed by atoms with Gasteiger partial charge in [-0.1, -0.05) is 13.8 Å². The molecule has 0 radical (unpaired) electrons. The molecule has 4 aliphatic carbocycles. The van der Waals surface area contributed by atoms with E-state index in [1.165, 1.54) is 25.7 Å². The maximum absolute atomic E-state index is 13.1. The van der Waals surface area contributed by atoms with Crippen molar-refractivity contribution in [2.45, 2.75) is 71.6 Å². The van der Waals surface area contributed by atoms with Crippen molar-refractivity contribution in [2.75, 3.05) is 39.5 Å². The first kappa shape index (κ1) is 21.9. The molecule has 0 amide bonds. The van der Waals surface area contributed by atoms with Crippen LogP contribution in [0.3, 0.4) is 0 Å². The number of hydrogen-bond donors (Lipinski definition) is 0. The van der Waals surface area contributed by atoms with Crippen LogP contribution in [0.25, 0.3) is 0 Å². The maximum atomic E-state index is 13.1. The first-order valence-corrected chi connectivity index (χ1v) is 12.9. The molecular formula is C26H41NO4. The number of ketones is 1. The van der Waals surface area contributed by atoms with Crippen molar-refractivity contribution in [1.82, 2.24) is 4.90 Å². The van der Waals surface area contributed by atoms with Gasteiger partial charge < -0.3 is 9.47 Å². The molecule has 0 bridgehead atoms. The van der Waals surface area contributed by atoms with Gasteiger partial charge in [-0.25, -0.2) is 0 Å². The summed E-state index contributed by atoms with van der Waals surface area (Å²) in [4.78, 5) is 27.6. The Labute approximate surface area is 187 Å². The van der Waals surface area contributed by atoms with Gasteiger partial charge in [0.25, 0.3) is 0 Å². The minimum atomic E-state index is 0.0554. The van der Waals surface area contributed by atoms with Gasteiger partial charge in [-0.05, 0) is 79.4 Å². The second-order valence-corrected chi connectivity index (χ2v) is 11.7. The monoisotopic (exact) mass is 431 g/mol. The van der Waals surface area contributed by atoms with Gasteiger partial charge in [-0.3, -0.25) is 14.5 Å². The highest BCUT2D eigenvalue weighted by molar-refractivity contribution is 5.79. The summed E-state index contributed by atoms with van der Waals surface area (Å²) in [7, 11) is 0. The van der Waals surface area contributed by atoms with Gasteiger partial charge in [0.1, 0.15) is 12.4 Å². The number of nitrogens with zero attached hydrogens (tertiary/aromatic N) is 1. The van der Waals surface area contributed by atoms with E-state index in [-0.39, 0.29) is 17.3 Å². The molecule has 5 rings (SSSR count). The largest absolute Gasteiger partial charge is 0.464 e. The van der Waals surface area contributed by atoms with Crippen LogP contribution in [0.15, 0.2) is 0 Å². The summed E-state index contributed by atoms with van der Waals surface area (Å²) in [6, 6.07) is 0. The summed E-state index contributed by atoms with van der Waals surface area (Å²) in [6.45, 7) is 9.68. The van der Waals surface area contributed by atoms with E-state index in [2.05, 4.69) is 18.7 Å². The normalized spacial score (nSPS) is 45.5. The Morgan fingerprint density at radius 1 is 1.03 bits per heavy atom. The SMILES string of the molecule is C[C@]12CCC(=O)C[C@@H]1CC[C@@H]1[C@@H]2CC[C@]2(C)[C@@H](C(=O)OCCN3CCOCC3)CC[C@@H]12. The molecule has 5 aliphatic rings.